The van der Waals surface area contributed by atoms with Crippen LogP contribution in [0.3, 0.4) is 0 Å². The summed E-state index contributed by atoms with van der Waals surface area (Å²) in [6.07, 6.45) is 1.58. The largest absolute Gasteiger partial charge is 0.478 e. The quantitative estimate of drug-likeness (QED) is 0.366. The number of esters is 1. The molecule has 0 saturated carbocycles. The van der Waals surface area contributed by atoms with Crippen molar-refractivity contribution in [2.75, 3.05) is 19.8 Å². The maximum Gasteiger partial charge on any atom is 0.331 e. The van der Waals surface area contributed by atoms with Gasteiger partial charge in [0.15, 0.2) is 0 Å². The van der Waals surface area contributed by atoms with Crippen LogP contribution in [-0.4, -0.2) is 36.9 Å². The van der Waals surface area contributed by atoms with E-state index in [1.165, 1.54) is 0 Å². The summed E-state index contributed by atoms with van der Waals surface area (Å²) in [6.45, 7) is 2.84. The average Bonchev–Trinajstić information content (AvgIpc) is 2.09. The van der Waals surface area contributed by atoms with E-state index in [2.05, 4.69) is 4.74 Å². The normalized spacial score (nSPS) is 10.2. The lowest BCUT2D eigenvalue weighted by Gasteiger charge is -2.00. The molecule has 0 unspecified atom stereocenters. The third-order valence-corrected chi connectivity index (χ3v) is 1.04. The summed E-state index contributed by atoms with van der Waals surface area (Å²) in [5.41, 5.74) is 0. The Morgan fingerprint density at radius 1 is 1.31 bits per heavy atom. The Balaban J connectivity index is 3.46. The molecule has 5 heteroatoms. The summed E-state index contributed by atoms with van der Waals surface area (Å²) in [7, 11) is 0. The van der Waals surface area contributed by atoms with Gasteiger partial charge in [0.05, 0.1) is 6.61 Å². The predicted molar refractivity (Wildman–Crippen MR) is 44.2 cm³/mol. The third-order valence-electron chi connectivity index (χ3n) is 1.04. The highest BCUT2D eigenvalue weighted by molar-refractivity contribution is 5.90. The lowest BCUT2D eigenvalue weighted by molar-refractivity contribution is -0.140. The van der Waals surface area contributed by atoms with E-state index in [0.29, 0.717) is 13.2 Å². The molecule has 0 bridgehead atoms. The second-order valence-electron chi connectivity index (χ2n) is 2.04. The van der Waals surface area contributed by atoms with Crippen molar-refractivity contribution in [1.29, 1.82) is 0 Å². The van der Waals surface area contributed by atoms with Crippen LogP contribution in [0.2, 0.25) is 0 Å². The number of carbonyl (C=O) groups is 2. The first-order chi connectivity index (χ1) is 6.16. The van der Waals surface area contributed by atoms with Crippen LogP contribution in [0.1, 0.15) is 6.92 Å². The van der Waals surface area contributed by atoms with Crippen LogP contribution in [0.15, 0.2) is 12.2 Å². The minimum Gasteiger partial charge on any atom is -0.478 e. The molecule has 5 nitrogen and oxygen atoms in total. The van der Waals surface area contributed by atoms with Gasteiger partial charge in [0.25, 0.3) is 0 Å². The van der Waals surface area contributed by atoms with Crippen LogP contribution in [0, 0.1) is 0 Å². The number of hydrogen-bond donors (Lipinski definition) is 1. The standard InChI is InChI=1S/C8H12O5/c1-2-12-5-6-13-8(11)4-3-7(9)10/h3-4H,2,5-6H2,1H3,(H,9,10). The fraction of sp³-hybridized carbons (Fsp3) is 0.500. The monoisotopic (exact) mass is 188 g/mol. The van der Waals surface area contributed by atoms with Gasteiger partial charge in [-0.3, -0.25) is 0 Å². The number of carboxylic acid groups (broad SMARTS) is 1. The van der Waals surface area contributed by atoms with Gasteiger partial charge in [-0.1, -0.05) is 0 Å². The number of aliphatic carboxylic acids is 1. The molecule has 0 fully saturated rings. The molecular weight excluding hydrogens is 176 g/mol. The highest BCUT2D eigenvalue weighted by Gasteiger charge is 1.97. The van der Waals surface area contributed by atoms with E-state index >= 15 is 0 Å². The molecule has 0 heterocycles. The Morgan fingerprint density at radius 2 is 2.00 bits per heavy atom. The molecule has 1 N–H and O–H groups in total. The Hall–Kier alpha value is -1.36. The Morgan fingerprint density at radius 3 is 2.54 bits per heavy atom. The highest BCUT2D eigenvalue weighted by Crippen LogP contribution is 1.83. The van der Waals surface area contributed by atoms with Gasteiger partial charge in [-0.2, -0.15) is 0 Å². The summed E-state index contributed by atoms with van der Waals surface area (Å²) in [5, 5.41) is 8.15. The maximum atomic E-state index is 10.7. The van der Waals surface area contributed by atoms with E-state index in [0.717, 1.165) is 12.2 Å². The number of ether oxygens (including phenoxy) is 2. The summed E-state index contributed by atoms with van der Waals surface area (Å²) < 4.78 is 9.47. The van der Waals surface area contributed by atoms with Gasteiger partial charge in [0.2, 0.25) is 0 Å². The molecule has 0 amide bonds. The van der Waals surface area contributed by atoms with Gasteiger partial charge < -0.3 is 14.6 Å². The fourth-order valence-electron chi connectivity index (χ4n) is 0.533. The second-order valence-corrected chi connectivity index (χ2v) is 2.04. The molecule has 0 spiro atoms. The Kier molecular flexibility index (Phi) is 6.53. The van der Waals surface area contributed by atoms with Gasteiger partial charge in [0.1, 0.15) is 6.61 Å². The number of carbonyl (C=O) groups excluding carboxylic acids is 1. The second kappa shape index (κ2) is 7.30. The first kappa shape index (κ1) is 11.6. The molecule has 0 rings (SSSR count). The summed E-state index contributed by atoms with van der Waals surface area (Å²) >= 11 is 0. The van der Waals surface area contributed by atoms with E-state index in [1.807, 2.05) is 6.92 Å². The predicted octanol–water partition coefficient (Wildman–Crippen LogP) is 0.207. The molecule has 74 valence electrons. The third kappa shape index (κ3) is 8.55. The van der Waals surface area contributed by atoms with E-state index in [1.54, 1.807) is 0 Å². The Bertz CT molecular complexity index is 197. The molecule has 0 saturated heterocycles. The molecule has 13 heavy (non-hydrogen) atoms. The van der Waals surface area contributed by atoms with E-state index in [-0.39, 0.29) is 6.61 Å². The van der Waals surface area contributed by atoms with Crippen LogP contribution in [-0.2, 0) is 19.1 Å². The smallest absolute Gasteiger partial charge is 0.331 e. The fourth-order valence-corrected chi connectivity index (χ4v) is 0.533. The lowest BCUT2D eigenvalue weighted by atomic mass is 10.5. The van der Waals surface area contributed by atoms with Crippen molar-refractivity contribution < 1.29 is 24.2 Å². The van der Waals surface area contributed by atoms with Gasteiger partial charge in [-0.15, -0.1) is 0 Å². The number of rotatable bonds is 6. The number of hydrogen-bond acceptors (Lipinski definition) is 4. The molecule has 0 aliphatic rings. The highest BCUT2D eigenvalue weighted by atomic mass is 16.6. The average molecular weight is 188 g/mol. The molecule has 0 aromatic carbocycles. The van der Waals surface area contributed by atoms with Crippen LogP contribution in [0.4, 0.5) is 0 Å². The van der Waals surface area contributed by atoms with Crippen molar-refractivity contribution in [2.45, 2.75) is 6.92 Å². The van der Waals surface area contributed by atoms with Crippen molar-refractivity contribution in [1.82, 2.24) is 0 Å². The zero-order valence-electron chi connectivity index (χ0n) is 7.36. The van der Waals surface area contributed by atoms with Crippen LogP contribution >= 0.6 is 0 Å². The minimum absolute atomic E-state index is 0.136. The van der Waals surface area contributed by atoms with E-state index in [4.69, 9.17) is 9.84 Å². The zero-order valence-corrected chi connectivity index (χ0v) is 7.36. The molecule has 0 aromatic heterocycles. The van der Waals surface area contributed by atoms with Crippen LogP contribution < -0.4 is 0 Å². The molecular formula is C8H12O5. The summed E-state index contributed by atoms with van der Waals surface area (Å²) in [5.74, 6) is -1.86. The van der Waals surface area contributed by atoms with Crippen molar-refractivity contribution in [3.8, 4) is 0 Å². The minimum atomic E-state index is -1.18. The molecule has 0 atom stereocenters. The van der Waals surface area contributed by atoms with Crippen molar-refractivity contribution in [3.63, 3.8) is 0 Å². The molecule has 0 radical (unpaired) electrons. The van der Waals surface area contributed by atoms with Crippen molar-refractivity contribution in [3.05, 3.63) is 12.2 Å². The first-order valence-electron chi connectivity index (χ1n) is 3.82. The SMILES string of the molecule is CCOCCOC(=O)C=CC(=O)O. The van der Waals surface area contributed by atoms with Crippen LogP contribution in [0.5, 0.6) is 0 Å². The maximum absolute atomic E-state index is 10.7. The summed E-state index contributed by atoms with van der Waals surface area (Å²) in [4.78, 5) is 20.6. The van der Waals surface area contributed by atoms with Gasteiger partial charge in [-0.05, 0) is 6.92 Å². The van der Waals surface area contributed by atoms with E-state index in [9.17, 15) is 9.59 Å². The van der Waals surface area contributed by atoms with Crippen molar-refractivity contribution >= 4 is 11.9 Å². The molecule has 0 aliphatic carbocycles. The molecule has 0 aromatic rings. The topological polar surface area (TPSA) is 72.8 Å². The van der Waals surface area contributed by atoms with Crippen molar-refractivity contribution in [2.24, 2.45) is 0 Å². The van der Waals surface area contributed by atoms with Gasteiger partial charge in [0, 0.05) is 18.8 Å². The molecule has 0 aliphatic heterocycles. The number of carboxylic acids is 1. The Labute approximate surface area is 75.9 Å². The van der Waals surface area contributed by atoms with E-state index < -0.39 is 11.9 Å². The van der Waals surface area contributed by atoms with Gasteiger partial charge in [-0.25, -0.2) is 9.59 Å². The lowest BCUT2D eigenvalue weighted by Crippen LogP contribution is -2.08. The first-order valence-corrected chi connectivity index (χ1v) is 3.82. The summed E-state index contributed by atoms with van der Waals surface area (Å²) in [6, 6.07) is 0. The van der Waals surface area contributed by atoms with Crippen LogP contribution in [0.25, 0.3) is 0 Å². The zero-order chi connectivity index (χ0) is 10.1. The van der Waals surface area contributed by atoms with Gasteiger partial charge >= 0.3 is 11.9 Å².